The van der Waals surface area contributed by atoms with Gasteiger partial charge in [0.05, 0.1) is 78.0 Å². The Bertz CT molecular complexity index is 4810. The highest BCUT2D eigenvalue weighted by Gasteiger charge is 2.50. The molecular weight excluding hydrogens is 1430 g/mol. The third kappa shape index (κ3) is 19.2. The molecule has 2 N–H and O–H groups in total. The number of benzene rings is 5. The minimum absolute atomic E-state index is 0.0104. The number of nitrogens with one attached hydrogen (secondary N) is 1. The van der Waals surface area contributed by atoms with Crippen molar-refractivity contribution in [2.45, 2.75) is 125 Å². The van der Waals surface area contributed by atoms with Crippen LogP contribution in [0.15, 0.2) is 135 Å². The molecule has 5 aromatic carbocycles. The fraction of sp³-hybridized carbons (Fsp3) is 0.351. The van der Waals surface area contributed by atoms with Crippen LogP contribution < -0.4 is 25.4 Å². The molecule has 1 atom stereocenters. The van der Waals surface area contributed by atoms with E-state index in [4.69, 9.17) is 51.7 Å². The number of oxime groups is 1. The SMILES string of the molecule is CCOC(=O)C1=NN(c2ccc(Cl)cc2Cl)C(C)(C(=O)OCC)C1.CCc1cc(C)cc(CC)c1-c1c(OC(=O)C(C)(C)C)n2n(c1=O)CCOCC2.Cc1c(C(=O)c2cnn(C)c2O)ccc(S(C)(=O)=O)c1C1=NOCC1.O=C(Nc1ccc(F)cc1)c1cccc(Oc2cccc(C(F)(F)F)c2)n1. The van der Waals surface area contributed by atoms with Gasteiger partial charge in [-0.3, -0.25) is 19.2 Å². The van der Waals surface area contributed by atoms with E-state index in [1.165, 1.54) is 95.2 Å². The molecule has 1 unspecified atom stereocenters. The lowest BCUT2D eigenvalue weighted by atomic mass is 9.91. The van der Waals surface area contributed by atoms with E-state index in [1.54, 1.807) is 55.3 Å². The number of hydrogen-bond donors (Lipinski definition) is 2. The van der Waals surface area contributed by atoms with E-state index in [2.05, 4.69) is 58.6 Å². The predicted octanol–water partition coefficient (Wildman–Crippen LogP) is 13.7. The number of hydrogen-bond acceptors (Lipinski definition) is 20. The van der Waals surface area contributed by atoms with Crippen LogP contribution in [0.4, 0.5) is 28.9 Å². The van der Waals surface area contributed by atoms with Crippen molar-refractivity contribution in [1.29, 1.82) is 0 Å². The van der Waals surface area contributed by atoms with Crippen molar-refractivity contribution in [3.05, 3.63) is 192 Å². The maximum Gasteiger partial charge on any atom is 0.416 e. The standard InChI is InChI=1S/C23H32N2O4.C19H12F4N2O2.C16H18Cl2N2O4.C16H17N3O5S/c1-7-16-13-15(3)14-17(8-2)18(16)19-20(26)24-9-11-28-12-10-25(24)21(19)29-22(27)23(4,5)6;20-13-7-9-14(10-8-13)24-18(26)16-5-2-6-17(25-16)27-15-4-1-3-12(11-15)19(21,22)23;1-4-23-14(21)12-9-16(3,15(22)24-5-2)20(19-12)13-7-6-10(17)8-11(13)18;1-9-10(15(20)11-8-17-19(2)16(11)21)4-5-13(25(3,22)23)14(9)12-6-7-24-18-12/h13-14H,7-12H2,1-6H3;1-11H,(H,24,26);6-8H,4-5,9H2,1-3H3;4-5,8,21H,6-7H2,1-3H3. The van der Waals surface area contributed by atoms with Gasteiger partial charge in [-0.05, 0) is 169 Å². The number of hydrazone groups is 1. The summed E-state index contributed by atoms with van der Waals surface area (Å²) in [6.45, 7) is 21.0. The number of rotatable bonds is 17. The number of halogens is 6. The van der Waals surface area contributed by atoms with Gasteiger partial charge in [0.15, 0.2) is 21.2 Å². The van der Waals surface area contributed by atoms with E-state index in [0.717, 1.165) is 47.9 Å². The zero-order valence-electron chi connectivity index (χ0n) is 59.7. The summed E-state index contributed by atoms with van der Waals surface area (Å²) in [4.78, 5) is 85.0. The zero-order valence-corrected chi connectivity index (χ0v) is 62.0. The molecule has 11 rings (SSSR count). The Morgan fingerprint density at radius 3 is 2.03 bits per heavy atom. The van der Waals surface area contributed by atoms with Gasteiger partial charge in [-0.25, -0.2) is 46.4 Å². The van der Waals surface area contributed by atoms with E-state index >= 15 is 0 Å². The molecule has 6 heterocycles. The number of anilines is 2. The van der Waals surface area contributed by atoms with Crippen LogP contribution in [0, 0.1) is 25.1 Å². The van der Waals surface area contributed by atoms with Crippen LogP contribution in [0.3, 0.4) is 0 Å². The summed E-state index contributed by atoms with van der Waals surface area (Å²) in [5, 5.41) is 26.7. The lowest BCUT2D eigenvalue weighted by molar-refractivity contribution is -0.148. The van der Waals surface area contributed by atoms with E-state index in [1.807, 2.05) is 20.8 Å². The first-order chi connectivity index (χ1) is 49.5. The van der Waals surface area contributed by atoms with Crippen LogP contribution in [-0.2, 0) is 82.4 Å². The van der Waals surface area contributed by atoms with Crippen molar-refractivity contribution < 1.29 is 83.6 Å². The fourth-order valence-corrected chi connectivity index (χ4v) is 12.7. The molecule has 0 saturated heterocycles. The Kier molecular flexibility index (Phi) is 26.2. The number of esters is 3. The summed E-state index contributed by atoms with van der Waals surface area (Å²) < 4.78 is 107. The summed E-state index contributed by atoms with van der Waals surface area (Å²) in [7, 11) is -2.00. The molecule has 8 aromatic rings. The van der Waals surface area contributed by atoms with Crippen molar-refractivity contribution in [2.24, 2.45) is 22.7 Å². The van der Waals surface area contributed by atoms with Gasteiger partial charge in [0.1, 0.15) is 40.7 Å². The Morgan fingerprint density at radius 1 is 0.790 bits per heavy atom. The third-order valence-corrected chi connectivity index (χ3v) is 18.1. The average molecular weight is 1510 g/mol. The van der Waals surface area contributed by atoms with Gasteiger partial charge >= 0.3 is 24.1 Å². The summed E-state index contributed by atoms with van der Waals surface area (Å²) in [5.74, 6) is -2.89. The highest BCUT2D eigenvalue weighted by Crippen LogP contribution is 2.41. The number of nitrogens with zero attached hydrogens (tertiary/aromatic N) is 8. The van der Waals surface area contributed by atoms with Gasteiger partial charge in [-0.2, -0.15) is 23.4 Å². The second-order valence-corrected chi connectivity index (χ2v) is 28.1. The molecule has 0 saturated carbocycles. The largest absolute Gasteiger partial charge is 0.493 e. The topological polar surface area (TPSA) is 293 Å². The zero-order chi connectivity index (χ0) is 77.0. The lowest BCUT2D eigenvalue weighted by Gasteiger charge is -2.32. The first kappa shape index (κ1) is 80.5. The first-order valence-corrected chi connectivity index (χ1v) is 35.8. The van der Waals surface area contributed by atoms with Crippen LogP contribution in [0.25, 0.3) is 11.1 Å². The van der Waals surface area contributed by atoms with E-state index in [9.17, 15) is 59.9 Å². The van der Waals surface area contributed by atoms with Crippen molar-refractivity contribution in [3.63, 3.8) is 0 Å². The molecule has 0 aliphatic carbocycles. The number of sulfone groups is 1. The van der Waals surface area contributed by atoms with Crippen molar-refractivity contribution in [3.8, 4) is 34.5 Å². The number of carbonyl (C=O) groups excluding carboxylic acids is 5. The molecule has 558 valence electrons. The highest BCUT2D eigenvalue weighted by molar-refractivity contribution is 7.90. The second kappa shape index (κ2) is 34.1. The van der Waals surface area contributed by atoms with Gasteiger partial charge < -0.3 is 38.9 Å². The number of amides is 1. The first-order valence-electron chi connectivity index (χ1n) is 33.2. The third-order valence-electron chi connectivity index (χ3n) is 16.5. The molecular formula is C74H79Cl2F4N9O15S. The number of pyridine rings is 1. The predicted molar refractivity (Wildman–Crippen MR) is 386 cm³/mol. The maximum absolute atomic E-state index is 13.5. The van der Waals surface area contributed by atoms with Gasteiger partial charge in [0.25, 0.3) is 11.5 Å². The number of aromatic nitrogens is 5. The number of carbonyl (C=O) groups is 5. The lowest BCUT2D eigenvalue weighted by Crippen LogP contribution is -2.48. The second-order valence-electron chi connectivity index (χ2n) is 25.3. The van der Waals surface area contributed by atoms with Crippen LogP contribution in [0.2, 0.25) is 10.0 Å². The van der Waals surface area contributed by atoms with Crippen LogP contribution in [-0.4, -0.2) is 124 Å². The summed E-state index contributed by atoms with van der Waals surface area (Å²) >= 11 is 12.2. The van der Waals surface area contributed by atoms with Gasteiger partial charge in [-0.1, -0.05) is 72.0 Å². The molecule has 0 spiro atoms. The van der Waals surface area contributed by atoms with Crippen LogP contribution in [0.5, 0.6) is 23.4 Å². The Labute approximate surface area is 613 Å². The van der Waals surface area contributed by atoms with Crippen LogP contribution in [0.1, 0.15) is 128 Å². The quantitative estimate of drug-likeness (QED) is 0.0486. The summed E-state index contributed by atoms with van der Waals surface area (Å²) in [6.07, 6.45) is -0.00516. The average Bonchev–Trinajstić information content (AvgIpc) is 1.64. The number of ether oxygens (including phenoxy) is 5. The Morgan fingerprint density at radius 2 is 1.45 bits per heavy atom. The molecule has 3 aromatic heterocycles. The molecule has 0 bridgehead atoms. The molecule has 1 amide bonds. The molecule has 0 radical (unpaired) electrons. The molecule has 24 nitrogen and oxygen atoms in total. The van der Waals surface area contributed by atoms with Crippen LogP contribution >= 0.6 is 23.2 Å². The smallest absolute Gasteiger partial charge is 0.416 e. The Balaban J connectivity index is 0.000000177. The minimum Gasteiger partial charge on any atom is -0.493 e. The van der Waals surface area contributed by atoms with Gasteiger partial charge in [0, 0.05) is 54.0 Å². The maximum atomic E-state index is 13.5. The molecule has 3 aliphatic rings. The fourth-order valence-electron chi connectivity index (χ4n) is 11.2. The number of aromatic hydroxyl groups is 1. The summed E-state index contributed by atoms with van der Waals surface area (Å²) in [6, 6.07) is 25.7. The highest BCUT2D eigenvalue weighted by atomic mass is 35.5. The number of fused-ring (bicyclic) bond motifs is 1. The number of alkyl halides is 3. The molecule has 0 fully saturated rings. The molecule has 31 heteroatoms. The molecule has 105 heavy (non-hydrogen) atoms. The summed E-state index contributed by atoms with van der Waals surface area (Å²) in [5.41, 5.74) is 4.55. The van der Waals surface area contributed by atoms with E-state index in [-0.39, 0.29) is 76.1 Å². The van der Waals surface area contributed by atoms with E-state index in [0.29, 0.717) is 89.0 Å². The van der Waals surface area contributed by atoms with E-state index < -0.39 is 62.0 Å². The van der Waals surface area contributed by atoms with Crippen molar-refractivity contribution >= 4 is 85.4 Å². The number of aryl methyl sites for hydroxylation is 4. The number of ketones is 1. The van der Waals surface area contributed by atoms with Crippen molar-refractivity contribution in [2.75, 3.05) is 49.6 Å². The monoisotopic (exact) mass is 1510 g/mol. The van der Waals surface area contributed by atoms with Crippen molar-refractivity contribution in [1.82, 2.24) is 24.1 Å². The van der Waals surface area contributed by atoms with Gasteiger partial charge in [-0.15, -0.1) is 0 Å². The molecule has 3 aliphatic heterocycles. The minimum atomic E-state index is -4.50. The Hall–Kier alpha value is -10.2. The van der Waals surface area contributed by atoms with Gasteiger partial charge in [0.2, 0.25) is 17.6 Å². The normalized spacial score (nSPS) is 14.8.